The van der Waals surface area contributed by atoms with Gasteiger partial charge in [-0.15, -0.1) is 0 Å². The van der Waals surface area contributed by atoms with Crippen LogP contribution >= 0.6 is 0 Å². The van der Waals surface area contributed by atoms with Crippen LogP contribution in [0, 0.1) is 29.5 Å². The summed E-state index contributed by atoms with van der Waals surface area (Å²) >= 11 is 0. The van der Waals surface area contributed by atoms with Gasteiger partial charge in [-0.1, -0.05) is 23.3 Å². The average Bonchev–Trinajstić information content (AvgIpc) is 3.05. The van der Waals surface area contributed by atoms with Crippen LogP contribution in [0.25, 0.3) is 0 Å². The molecule has 2 aliphatic carbocycles. The van der Waals surface area contributed by atoms with Gasteiger partial charge in [-0.3, -0.25) is 9.59 Å². The minimum absolute atomic E-state index is 0.174. The Bertz CT molecular complexity index is 716. The second-order valence-electron chi connectivity index (χ2n) is 6.28. The van der Waals surface area contributed by atoms with E-state index >= 15 is 0 Å². The van der Waals surface area contributed by atoms with Crippen molar-refractivity contribution in [3.05, 3.63) is 53.4 Å². The third-order valence-corrected chi connectivity index (χ3v) is 4.68. The lowest BCUT2D eigenvalue weighted by atomic mass is 9.82. The summed E-state index contributed by atoms with van der Waals surface area (Å²) in [7, 11) is 0. The van der Waals surface area contributed by atoms with Crippen LogP contribution in [0.1, 0.15) is 13.8 Å². The average molecular weight is 315 g/mol. The summed E-state index contributed by atoms with van der Waals surface area (Å²) < 4.78 is 12.9. The lowest BCUT2D eigenvalue weighted by Crippen LogP contribution is -2.36. The van der Waals surface area contributed by atoms with Crippen molar-refractivity contribution in [3.8, 4) is 0 Å². The van der Waals surface area contributed by atoms with Crippen LogP contribution in [0.2, 0.25) is 0 Å². The number of nitrogens with one attached hydrogen (secondary N) is 1. The Labute approximate surface area is 133 Å². The van der Waals surface area contributed by atoms with Crippen molar-refractivity contribution in [1.29, 1.82) is 0 Å². The third kappa shape index (κ3) is 2.56. The van der Waals surface area contributed by atoms with Crippen LogP contribution in [0.15, 0.2) is 47.6 Å². The van der Waals surface area contributed by atoms with Crippen molar-refractivity contribution in [1.82, 2.24) is 0 Å². The standard InChI is InChI=1S/C18H18FNO3/c1-9(2)14-12-7-8-13(14)16(18(22)23)15(12)17(21)20-11-5-3-10(19)4-6-11/h3-8,12-13,15-16H,1-2H3,(H,20,21)(H,22,23)/t12-,13-,15+,16-/m0/s1. The maximum atomic E-state index is 12.9. The number of hydrogen-bond acceptors (Lipinski definition) is 2. The highest BCUT2D eigenvalue weighted by atomic mass is 19.1. The van der Waals surface area contributed by atoms with Gasteiger partial charge >= 0.3 is 5.97 Å². The highest BCUT2D eigenvalue weighted by Gasteiger charge is 2.54. The van der Waals surface area contributed by atoms with Crippen molar-refractivity contribution in [2.45, 2.75) is 13.8 Å². The van der Waals surface area contributed by atoms with Gasteiger partial charge in [-0.25, -0.2) is 4.39 Å². The monoisotopic (exact) mass is 315 g/mol. The van der Waals surface area contributed by atoms with Gasteiger partial charge in [0.05, 0.1) is 11.8 Å². The van der Waals surface area contributed by atoms with E-state index in [4.69, 9.17) is 0 Å². The number of halogens is 1. The molecule has 1 fully saturated rings. The van der Waals surface area contributed by atoms with Gasteiger partial charge in [0.2, 0.25) is 5.91 Å². The molecule has 1 amide bonds. The van der Waals surface area contributed by atoms with Gasteiger partial charge in [0.25, 0.3) is 0 Å². The minimum atomic E-state index is -0.958. The molecule has 0 aliphatic heterocycles. The maximum Gasteiger partial charge on any atom is 0.308 e. The van der Waals surface area contributed by atoms with Crippen LogP contribution < -0.4 is 5.32 Å². The fourth-order valence-corrected chi connectivity index (χ4v) is 3.80. The normalized spacial score (nSPS) is 28.0. The number of allylic oxidation sites excluding steroid dienone is 4. The smallest absolute Gasteiger partial charge is 0.308 e. The summed E-state index contributed by atoms with van der Waals surface area (Å²) in [6.45, 7) is 3.89. The number of fused-ring (bicyclic) bond motifs is 2. The van der Waals surface area contributed by atoms with Crippen molar-refractivity contribution in [2.24, 2.45) is 23.7 Å². The molecule has 0 saturated heterocycles. The molecular formula is C18H18FNO3. The van der Waals surface area contributed by atoms with Gasteiger partial charge in [-0.05, 0) is 38.1 Å². The van der Waals surface area contributed by atoms with Gasteiger partial charge in [0.1, 0.15) is 5.82 Å². The Morgan fingerprint density at radius 3 is 2.13 bits per heavy atom. The summed E-state index contributed by atoms with van der Waals surface area (Å²) in [6.07, 6.45) is 3.83. The molecule has 120 valence electrons. The number of hydrogen-bond donors (Lipinski definition) is 2. The molecule has 23 heavy (non-hydrogen) atoms. The quantitative estimate of drug-likeness (QED) is 0.842. The molecule has 5 heteroatoms. The molecule has 4 nitrogen and oxygen atoms in total. The lowest BCUT2D eigenvalue weighted by molar-refractivity contribution is -0.146. The molecule has 3 rings (SSSR count). The Morgan fingerprint density at radius 2 is 1.61 bits per heavy atom. The number of amides is 1. The molecule has 0 unspecified atom stereocenters. The number of carboxylic acid groups (broad SMARTS) is 1. The number of aliphatic carboxylic acids is 1. The molecule has 4 atom stereocenters. The predicted octanol–water partition coefficient (Wildman–Crippen LogP) is 3.23. The van der Waals surface area contributed by atoms with Gasteiger partial charge in [0, 0.05) is 17.5 Å². The topological polar surface area (TPSA) is 66.4 Å². The molecule has 0 heterocycles. The third-order valence-electron chi connectivity index (χ3n) is 4.68. The molecule has 0 aromatic heterocycles. The molecule has 0 radical (unpaired) electrons. The van der Waals surface area contributed by atoms with E-state index < -0.39 is 17.8 Å². The van der Waals surface area contributed by atoms with Gasteiger partial charge in [-0.2, -0.15) is 0 Å². The fraction of sp³-hybridized carbons (Fsp3) is 0.333. The molecule has 0 spiro atoms. The lowest BCUT2D eigenvalue weighted by Gasteiger charge is -2.23. The Kier molecular flexibility index (Phi) is 3.80. The number of rotatable bonds is 3. The van der Waals surface area contributed by atoms with E-state index in [2.05, 4.69) is 5.32 Å². The largest absolute Gasteiger partial charge is 0.481 e. The first-order valence-corrected chi connectivity index (χ1v) is 7.55. The number of carbonyl (C=O) groups is 2. The zero-order valence-corrected chi connectivity index (χ0v) is 12.9. The highest BCUT2D eigenvalue weighted by Crippen LogP contribution is 2.53. The summed E-state index contributed by atoms with van der Waals surface area (Å²) in [5.41, 5.74) is 2.57. The van der Waals surface area contributed by atoms with Gasteiger partial charge in [0.15, 0.2) is 0 Å². The second-order valence-corrected chi connectivity index (χ2v) is 6.28. The summed E-state index contributed by atoms with van der Waals surface area (Å²) in [5.74, 6) is -3.47. The highest BCUT2D eigenvalue weighted by molar-refractivity contribution is 5.97. The molecule has 2 aliphatic rings. The Morgan fingerprint density at radius 1 is 1.04 bits per heavy atom. The predicted molar refractivity (Wildman–Crippen MR) is 84.1 cm³/mol. The SMILES string of the molecule is CC(C)=C1[C@@H]2C=C[C@@H]1[C@@H](C(=O)Nc1ccc(F)cc1)[C@H]2C(=O)O. The number of carboxylic acids is 1. The zero-order valence-electron chi connectivity index (χ0n) is 12.9. The van der Waals surface area contributed by atoms with E-state index in [1.54, 1.807) is 0 Å². The van der Waals surface area contributed by atoms with Crippen molar-refractivity contribution in [3.63, 3.8) is 0 Å². The molecule has 2 bridgehead atoms. The van der Waals surface area contributed by atoms with Crippen LogP contribution in [0.4, 0.5) is 10.1 Å². The van der Waals surface area contributed by atoms with Crippen molar-refractivity contribution >= 4 is 17.6 Å². The summed E-state index contributed by atoms with van der Waals surface area (Å²) in [6, 6.07) is 5.45. The first-order chi connectivity index (χ1) is 10.9. The van der Waals surface area contributed by atoms with E-state index in [1.807, 2.05) is 26.0 Å². The van der Waals surface area contributed by atoms with E-state index in [0.717, 1.165) is 11.1 Å². The van der Waals surface area contributed by atoms with Crippen LogP contribution in [0.5, 0.6) is 0 Å². The molecule has 1 aromatic carbocycles. The van der Waals surface area contributed by atoms with E-state index in [1.165, 1.54) is 24.3 Å². The molecule has 2 N–H and O–H groups in total. The first-order valence-electron chi connectivity index (χ1n) is 7.55. The van der Waals surface area contributed by atoms with Gasteiger partial charge < -0.3 is 10.4 Å². The van der Waals surface area contributed by atoms with E-state index in [9.17, 15) is 19.1 Å². The van der Waals surface area contributed by atoms with Crippen LogP contribution in [-0.2, 0) is 9.59 Å². The fourth-order valence-electron chi connectivity index (χ4n) is 3.80. The minimum Gasteiger partial charge on any atom is -0.481 e. The summed E-state index contributed by atoms with van der Waals surface area (Å²) in [5, 5.41) is 12.3. The second kappa shape index (κ2) is 5.65. The molecule has 1 saturated carbocycles. The van der Waals surface area contributed by atoms with Crippen LogP contribution in [-0.4, -0.2) is 17.0 Å². The Balaban J connectivity index is 1.89. The van der Waals surface area contributed by atoms with E-state index in [0.29, 0.717) is 5.69 Å². The number of benzene rings is 1. The Hall–Kier alpha value is -2.43. The number of anilines is 1. The first kappa shape index (κ1) is 15.5. The molecule has 1 aromatic rings. The van der Waals surface area contributed by atoms with Crippen LogP contribution in [0.3, 0.4) is 0 Å². The zero-order chi connectivity index (χ0) is 16.7. The van der Waals surface area contributed by atoms with Crippen molar-refractivity contribution in [2.75, 3.05) is 5.32 Å². The number of carbonyl (C=O) groups excluding carboxylic acids is 1. The van der Waals surface area contributed by atoms with Crippen molar-refractivity contribution < 1.29 is 19.1 Å². The maximum absolute atomic E-state index is 12.9. The summed E-state index contributed by atoms with van der Waals surface area (Å²) in [4.78, 5) is 24.3. The van der Waals surface area contributed by atoms with E-state index in [-0.39, 0.29) is 23.6 Å². The molecular weight excluding hydrogens is 297 g/mol.